The highest BCUT2D eigenvalue weighted by Gasteiger charge is 2.13. The first-order valence-corrected chi connectivity index (χ1v) is 10.7. The van der Waals surface area contributed by atoms with E-state index >= 15 is 0 Å². The highest BCUT2D eigenvalue weighted by molar-refractivity contribution is 14.0. The van der Waals surface area contributed by atoms with E-state index in [2.05, 4.69) is 88.1 Å². The summed E-state index contributed by atoms with van der Waals surface area (Å²) in [5.74, 6) is 0.816. The Morgan fingerprint density at radius 3 is 1.97 bits per heavy atom. The first-order chi connectivity index (χ1) is 14.7. The van der Waals surface area contributed by atoms with Gasteiger partial charge in [0.15, 0.2) is 5.96 Å². The molecule has 1 aliphatic heterocycles. The lowest BCUT2D eigenvalue weighted by Crippen LogP contribution is -2.38. The SMILES string of the molecule is CN=C(NCc1ccccc1CN(C)C)NCc1ccccc1CN1CCOCC1.I. The molecule has 3 rings (SSSR count). The molecule has 1 saturated heterocycles. The molecule has 0 aliphatic carbocycles. The van der Waals surface area contributed by atoms with Gasteiger partial charge in [0.2, 0.25) is 0 Å². The third-order valence-electron chi connectivity index (χ3n) is 5.34. The van der Waals surface area contributed by atoms with Crippen LogP contribution in [-0.4, -0.2) is 63.2 Å². The van der Waals surface area contributed by atoms with Crippen molar-refractivity contribution in [2.75, 3.05) is 47.4 Å². The number of nitrogens with one attached hydrogen (secondary N) is 2. The fourth-order valence-corrected chi connectivity index (χ4v) is 3.69. The average Bonchev–Trinajstić information content (AvgIpc) is 2.76. The second-order valence-electron chi connectivity index (χ2n) is 7.94. The molecule has 0 amide bonds. The number of hydrogen-bond acceptors (Lipinski definition) is 4. The summed E-state index contributed by atoms with van der Waals surface area (Å²) in [6.45, 7) is 7.04. The average molecular weight is 537 g/mol. The van der Waals surface area contributed by atoms with Crippen molar-refractivity contribution in [2.24, 2.45) is 4.99 Å². The van der Waals surface area contributed by atoms with E-state index in [0.717, 1.165) is 58.4 Å². The number of morpholine rings is 1. The summed E-state index contributed by atoms with van der Waals surface area (Å²) >= 11 is 0. The molecule has 1 aliphatic rings. The summed E-state index contributed by atoms with van der Waals surface area (Å²) < 4.78 is 5.47. The van der Waals surface area contributed by atoms with Crippen LogP contribution in [0.15, 0.2) is 53.5 Å². The van der Waals surface area contributed by atoms with Crippen molar-refractivity contribution >= 4 is 29.9 Å². The molecule has 2 aromatic rings. The van der Waals surface area contributed by atoms with Crippen LogP contribution < -0.4 is 10.6 Å². The highest BCUT2D eigenvalue weighted by atomic mass is 127. The smallest absolute Gasteiger partial charge is 0.191 e. The molecule has 31 heavy (non-hydrogen) atoms. The highest BCUT2D eigenvalue weighted by Crippen LogP contribution is 2.13. The fourth-order valence-electron chi connectivity index (χ4n) is 3.69. The molecule has 0 spiro atoms. The van der Waals surface area contributed by atoms with E-state index in [4.69, 9.17) is 4.74 Å². The Labute approximate surface area is 204 Å². The zero-order valence-corrected chi connectivity index (χ0v) is 21.3. The summed E-state index contributed by atoms with van der Waals surface area (Å²) in [5.41, 5.74) is 5.29. The molecule has 2 N–H and O–H groups in total. The number of aliphatic imine (C=N–C) groups is 1. The zero-order chi connectivity index (χ0) is 21.2. The van der Waals surface area contributed by atoms with Crippen molar-refractivity contribution in [3.8, 4) is 0 Å². The second kappa shape index (κ2) is 13.7. The van der Waals surface area contributed by atoms with Crippen LogP contribution in [0, 0.1) is 0 Å². The van der Waals surface area contributed by atoms with Gasteiger partial charge in [-0.15, -0.1) is 24.0 Å². The van der Waals surface area contributed by atoms with Crippen molar-refractivity contribution in [1.82, 2.24) is 20.4 Å². The predicted molar refractivity (Wildman–Crippen MR) is 139 cm³/mol. The number of ether oxygens (including phenoxy) is 1. The molecule has 2 aromatic carbocycles. The normalized spacial score (nSPS) is 14.9. The maximum Gasteiger partial charge on any atom is 0.191 e. The molecule has 170 valence electrons. The first-order valence-electron chi connectivity index (χ1n) is 10.7. The lowest BCUT2D eigenvalue weighted by Gasteiger charge is -2.27. The van der Waals surface area contributed by atoms with Crippen molar-refractivity contribution in [3.05, 3.63) is 70.8 Å². The molecule has 0 atom stereocenters. The van der Waals surface area contributed by atoms with Gasteiger partial charge in [-0.3, -0.25) is 9.89 Å². The van der Waals surface area contributed by atoms with Gasteiger partial charge in [-0.05, 0) is 36.3 Å². The lowest BCUT2D eigenvalue weighted by atomic mass is 10.1. The van der Waals surface area contributed by atoms with Crippen LogP contribution in [-0.2, 0) is 30.9 Å². The Morgan fingerprint density at radius 1 is 0.903 bits per heavy atom. The van der Waals surface area contributed by atoms with Crippen LogP contribution in [0.2, 0.25) is 0 Å². The van der Waals surface area contributed by atoms with Crippen molar-refractivity contribution < 1.29 is 4.74 Å². The number of guanidine groups is 1. The Hall–Kier alpha value is -1.68. The summed E-state index contributed by atoms with van der Waals surface area (Å²) in [7, 11) is 6.01. The van der Waals surface area contributed by atoms with Gasteiger partial charge in [0, 0.05) is 46.3 Å². The van der Waals surface area contributed by atoms with Crippen LogP contribution in [0.3, 0.4) is 0 Å². The fraction of sp³-hybridized carbons (Fsp3) is 0.458. The minimum Gasteiger partial charge on any atom is -0.379 e. The van der Waals surface area contributed by atoms with Gasteiger partial charge in [0.05, 0.1) is 13.2 Å². The molecular weight excluding hydrogens is 501 g/mol. The first kappa shape index (κ1) is 25.6. The molecule has 1 fully saturated rings. The molecule has 0 aromatic heterocycles. The second-order valence-corrected chi connectivity index (χ2v) is 7.94. The van der Waals surface area contributed by atoms with Gasteiger partial charge < -0.3 is 20.3 Å². The van der Waals surface area contributed by atoms with Crippen LogP contribution in [0.5, 0.6) is 0 Å². The molecule has 0 saturated carbocycles. The van der Waals surface area contributed by atoms with Gasteiger partial charge in [0.25, 0.3) is 0 Å². The molecule has 0 unspecified atom stereocenters. The summed E-state index contributed by atoms with van der Waals surface area (Å²) in [4.78, 5) is 9.06. The Bertz CT molecular complexity index is 821. The molecule has 7 heteroatoms. The van der Waals surface area contributed by atoms with Crippen molar-refractivity contribution in [1.29, 1.82) is 0 Å². The summed E-state index contributed by atoms with van der Waals surface area (Å²) in [6.07, 6.45) is 0. The molecular formula is C24H36IN5O. The largest absolute Gasteiger partial charge is 0.379 e. The van der Waals surface area contributed by atoms with Crippen molar-refractivity contribution in [2.45, 2.75) is 26.2 Å². The standard InChI is InChI=1S/C24H35N5O.HI/c1-25-24(26-16-20-8-4-6-10-22(20)18-28(2)3)27-17-21-9-5-7-11-23(21)19-29-12-14-30-15-13-29;/h4-11H,12-19H2,1-3H3,(H2,25,26,27);1H. The summed E-state index contributed by atoms with van der Waals surface area (Å²) in [5, 5.41) is 6.94. The van der Waals surface area contributed by atoms with Gasteiger partial charge >= 0.3 is 0 Å². The quantitative estimate of drug-likeness (QED) is 0.308. The van der Waals surface area contributed by atoms with Crippen LogP contribution in [0.4, 0.5) is 0 Å². The van der Waals surface area contributed by atoms with Gasteiger partial charge in [-0.25, -0.2) is 0 Å². The van der Waals surface area contributed by atoms with Gasteiger partial charge in [-0.1, -0.05) is 48.5 Å². The van der Waals surface area contributed by atoms with E-state index in [1.165, 1.54) is 22.3 Å². The third kappa shape index (κ3) is 8.40. The van der Waals surface area contributed by atoms with Crippen LogP contribution in [0.1, 0.15) is 22.3 Å². The summed E-state index contributed by atoms with van der Waals surface area (Å²) in [6, 6.07) is 17.2. The van der Waals surface area contributed by atoms with Crippen molar-refractivity contribution in [3.63, 3.8) is 0 Å². The Morgan fingerprint density at radius 2 is 1.42 bits per heavy atom. The molecule has 1 heterocycles. The number of halogens is 1. The zero-order valence-electron chi connectivity index (χ0n) is 18.9. The minimum atomic E-state index is 0. The number of rotatable bonds is 8. The molecule has 0 radical (unpaired) electrons. The van der Waals surface area contributed by atoms with E-state index in [1.54, 1.807) is 0 Å². The monoisotopic (exact) mass is 537 g/mol. The molecule has 6 nitrogen and oxygen atoms in total. The minimum absolute atomic E-state index is 0. The van der Waals surface area contributed by atoms with Crippen LogP contribution in [0.25, 0.3) is 0 Å². The van der Waals surface area contributed by atoms with E-state index < -0.39 is 0 Å². The third-order valence-corrected chi connectivity index (χ3v) is 5.34. The predicted octanol–water partition coefficient (Wildman–Crippen LogP) is 3.06. The maximum absolute atomic E-state index is 5.47. The maximum atomic E-state index is 5.47. The van der Waals surface area contributed by atoms with E-state index in [9.17, 15) is 0 Å². The number of benzene rings is 2. The van der Waals surface area contributed by atoms with E-state index in [0.29, 0.717) is 0 Å². The van der Waals surface area contributed by atoms with Crippen LogP contribution >= 0.6 is 24.0 Å². The van der Waals surface area contributed by atoms with Gasteiger partial charge in [-0.2, -0.15) is 0 Å². The number of hydrogen-bond donors (Lipinski definition) is 2. The Kier molecular flexibility index (Phi) is 11.3. The molecule has 0 bridgehead atoms. The number of nitrogens with zero attached hydrogens (tertiary/aromatic N) is 3. The Balaban J connectivity index is 0.00000341. The van der Waals surface area contributed by atoms with E-state index in [-0.39, 0.29) is 24.0 Å². The van der Waals surface area contributed by atoms with Gasteiger partial charge in [0.1, 0.15) is 0 Å². The van der Waals surface area contributed by atoms with E-state index in [1.807, 2.05) is 7.05 Å². The lowest BCUT2D eigenvalue weighted by molar-refractivity contribution is 0.0341. The topological polar surface area (TPSA) is 52.1 Å².